The second kappa shape index (κ2) is 8.38. The first kappa shape index (κ1) is 20.8. The number of esters is 1. The van der Waals surface area contributed by atoms with Crippen LogP contribution >= 0.6 is 0 Å². The molecule has 0 unspecified atom stereocenters. The first-order valence-electron chi connectivity index (χ1n) is 10.3. The zero-order valence-electron chi connectivity index (χ0n) is 18.6. The fourth-order valence-electron chi connectivity index (χ4n) is 4.41. The molecule has 0 saturated heterocycles. The fourth-order valence-corrected chi connectivity index (χ4v) is 4.41. The largest absolute Gasteiger partial charge is 0.497 e. The van der Waals surface area contributed by atoms with Gasteiger partial charge >= 0.3 is 5.97 Å². The molecule has 1 aliphatic rings. The lowest BCUT2D eigenvalue weighted by molar-refractivity contribution is 0.0528. The van der Waals surface area contributed by atoms with Gasteiger partial charge in [-0.05, 0) is 55.7 Å². The molecule has 2 heterocycles. The summed E-state index contributed by atoms with van der Waals surface area (Å²) in [5, 5.41) is 0. The number of rotatable bonds is 6. The first-order chi connectivity index (χ1) is 15.0. The predicted molar refractivity (Wildman–Crippen MR) is 119 cm³/mol. The highest BCUT2D eigenvalue weighted by molar-refractivity contribution is 6.05. The van der Waals surface area contributed by atoms with E-state index in [-0.39, 0.29) is 5.97 Å². The van der Waals surface area contributed by atoms with Crippen molar-refractivity contribution in [3.05, 3.63) is 53.2 Å². The highest BCUT2D eigenvalue weighted by Gasteiger charge is 2.32. The number of hydrogen-bond donors (Lipinski definition) is 0. The Morgan fingerprint density at radius 3 is 2.45 bits per heavy atom. The molecule has 6 heteroatoms. The zero-order valence-corrected chi connectivity index (χ0v) is 18.6. The molecule has 0 spiro atoms. The summed E-state index contributed by atoms with van der Waals surface area (Å²) in [4.78, 5) is 13.2. The summed E-state index contributed by atoms with van der Waals surface area (Å²) < 4.78 is 24.2. The van der Waals surface area contributed by atoms with Crippen LogP contribution in [-0.2, 0) is 17.7 Å². The van der Waals surface area contributed by atoms with E-state index in [9.17, 15) is 4.79 Å². The van der Waals surface area contributed by atoms with E-state index in [0.717, 1.165) is 52.4 Å². The third kappa shape index (κ3) is 3.42. The summed E-state index contributed by atoms with van der Waals surface area (Å²) in [6, 6.07) is 11.7. The number of methoxy groups -OCH3 is 3. The summed E-state index contributed by atoms with van der Waals surface area (Å²) in [7, 11) is 4.88. The minimum Gasteiger partial charge on any atom is -0.497 e. The van der Waals surface area contributed by atoms with Gasteiger partial charge in [-0.2, -0.15) is 0 Å². The molecule has 4 rings (SSSR count). The lowest BCUT2D eigenvalue weighted by Crippen LogP contribution is -2.15. The average molecular weight is 421 g/mol. The summed E-state index contributed by atoms with van der Waals surface area (Å²) in [5.74, 6) is 1.72. The van der Waals surface area contributed by atoms with E-state index in [2.05, 4.69) is 4.57 Å². The van der Waals surface area contributed by atoms with Gasteiger partial charge in [-0.1, -0.05) is 12.1 Å². The standard InChI is InChI=1S/C25H27NO5/c1-6-31-25(27)23-22(17-8-7-9-18(12-17)28-3)15(2)26-11-10-16-13-20(29-4)21(30-5)14-19(16)24(23)26/h7-9,12-14H,6,10-11H2,1-5H3. The molecule has 1 aliphatic heterocycles. The van der Waals surface area contributed by atoms with Gasteiger partial charge in [0.25, 0.3) is 0 Å². The van der Waals surface area contributed by atoms with Crippen LogP contribution in [0.1, 0.15) is 28.5 Å². The normalized spacial score (nSPS) is 12.0. The molecule has 0 amide bonds. The smallest absolute Gasteiger partial charge is 0.340 e. The van der Waals surface area contributed by atoms with E-state index in [1.807, 2.05) is 50.2 Å². The van der Waals surface area contributed by atoms with Gasteiger partial charge in [0.2, 0.25) is 0 Å². The quantitative estimate of drug-likeness (QED) is 0.531. The van der Waals surface area contributed by atoms with E-state index in [4.69, 9.17) is 18.9 Å². The van der Waals surface area contributed by atoms with Crippen LogP contribution in [0.4, 0.5) is 0 Å². The van der Waals surface area contributed by atoms with Crippen molar-refractivity contribution in [3.63, 3.8) is 0 Å². The lowest BCUT2D eigenvalue weighted by Gasteiger charge is -2.23. The SMILES string of the molecule is CCOC(=O)c1c(-c2cccc(OC)c2)c(C)n2c1-c1cc(OC)c(OC)cc1CC2. The van der Waals surface area contributed by atoms with Crippen molar-refractivity contribution in [2.24, 2.45) is 0 Å². The van der Waals surface area contributed by atoms with Gasteiger partial charge in [-0.3, -0.25) is 0 Å². The summed E-state index contributed by atoms with van der Waals surface area (Å²) in [6.07, 6.45) is 0.831. The van der Waals surface area contributed by atoms with Crippen LogP contribution in [-0.4, -0.2) is 38.5 Å². The molecule has 0 fully saturated rings. The highest BCUT2D eigenvalue weighted by atomic mass is 16.5. The molecule has 0 atom stereocenters. The number of hydrogen-bond acceptors (Lipinski definition) is 5. The molecule has 0 bridgehead atoms. The Bertz CT molecular complexity index is 1150. The molecule has 2 aromatic carbocycles. The fraction of sp³-hybridized carbons (Fsp3) is 0.320. The number of benzene rings is 2. The topological polar surface area (TPSA) is 58.9 Å². The number of aromatic nitrogens is 1. The van der Waals surface area contributed by atoms with Gasteiger partial charge in [0, 0.05) is 23.4 Å². The third-order valence-electron chi connectivity index (χ3n) is 5.83. The number of fused-ring (bicyclic) bond motifs is 3. The van der Waals surface area contributed by atoms with Gasteiger partial charge in [-0.25, -0.2) is 4.79 Å². The van der Waals surface area contributed by atoms with Crippen molar-refractivity contribution in [1.29, 1.82) is 0 Å². The van der Waals surface area contributed by atoms with Crippen molar-refractivity contribution in [1.82, 2.24) is 4.57 Å². The molecule has 162 valence electrons. The van der Waals surface area contributed by atoms with Crippen molar-refractivity contribution in [2.45, 2.75) is 26.8 Å². The number of carbonyl (C=O) groups is 1. The van der Waals surface area contributed by atoms with Crippen molar-refractivity contribution >= 4 is 5.97 Å². The van der Waals surface area contributed by atoms with Crippen LogP contribution in [0.2, 0.25) is 0 Å². The van der Waals surface area contributed by atoms with Crippen LogP contribution in [0.5, 0.6) is 17.2 Å². The van der Waals surface area contributed by atoms with Gasteiger partial charge in [-0.15, -0.1) is 0 Å². The van der Waals surface area contributed by atoms with Crippen LogP contribution < -0.4 is 14.2 Å². The zero-order chi connectivity index (χ0) is 22.1. The Labute approximate surface area is 182 Å². The maximum absolute atomic E-state index is 13.2. The molecule has 0 aliphatic carbocycles. The molecule has 31 heavy (non-hydrogen) atoms. The Morgan fingerprint density at radius 1 is 1.03 bits per heavy atom. The van der Waals surface area contributed by atoms with Crippen LogP contribution in [0.3, 0.4) is 0 Å². The molecule has 0 N–H and O–H groups in total. The Hall–Kier alpha value is -3.41. The van der Waals surface area contributed by atoms with Gasteiger partial charge in [0.05, 0.1) is 39.2 Å². The molecule has 3 aromatic rings. The number of nitrogens with zero attached hydrogens (tertiary/aromatic N) is 1. The molecule has 0 radical (unpaired) electrons. The minimum atomic E-state index is -0.334. The Kier molecular flexibility index (Phi) is 5.63. The average Bonchev–Trinajstić information content (AvgIpc) is 3.11. The molecular weight excluding hydrogens is 394 g/mol. The number of ether oxygens (including phenoxy) is 4. The molecule has 6 nitrogen and oxygen atoms in total. The third-order valence-corrected chi connectivity index (χ3v) is 5.83. The van der Waals surface area contributed by atoms with Crippen molar-refractivity contribution in [2.75, 3.05) is 27.9 Å². The summed E-state index contributed by atoms with van der Waals surface area (Å²) in [5.41, 5.74) is 6.32. The first-order valence-corrected chi connectivity index (χ1v) is 10.3. The molecule has 0 saturated carbocycles. The van der Waals surface area contributed by atoms with Crippen molar-refractivity contribution in [3.8, 4) is 39.6 Å². The van der Waals surface area contributed by atoms with Gasteiger partial charge < -0.3 is 23.5 Å². The Balaban J connectivity index is 2.03. The van der Waals surface area contributed by atoms with Gasteiger partial charge in [0.1, 0.15) is 5.75 Å². The summed E-state index contributed by atoms with van der Waals surface area (Å²) >= 11 is 0. The predicted octanol–water partition coefficient (Wildman–Crippen LogP) is 4.89. The molecule has 1 aromatic heterocycles. The summed E-state index contributed by atoms with van der Waals surface area (Å²) in [6.45, 7) is 4.94. The second-order valence-corrected chi connectivity index (χ2v) is 7.40. The van der Waals surface area contributed by atoms with Crippen LogP contribution in [0.15, 0.2) is 36.4 Å². The van der Waals surface area contributed by atoms with E-state index >= 15 is 0 Å². The second-order valence-electron chi connectivity index (χ2n) is 7.40. The number of aryl methyl sites for hydroxylation is 1. The van der Waals surface area contributed by atoms with E-state index in [1.54, 1.807) is 21.3 Å². The van der Waals surface area contributed by atoms with E-state index in [1.165, 1.54) is 0 Å². The minimum absolute atomic E-state index is 0.304. The van der Waals surface area contributed by atoms with Crippen LogP contribution in [0, 0.1) is 6.92 Å². The highest BCUT2D eigenvalue weighted by Crippen LogP contribution is 2.45. The van der Waals surface area contributed by atoms with E-state index in [0.29, 0.717) is 23.7 Å². The van der Waals surface area contributed by atoms with E-state index < -0.39 is 0 Å². The van der Waals surface area contributed by atoms with Gasteiger partial charge in [0.15, 0.2) is 11.5 Å². The monoisotopic (exact) mass is 421 g/mol. The maximum Gasteiger partial charge on any atom is 0.340 e. The lowest BCUT2D eigenvalue weighted by atomic mass is 9.93. The van der Waals surface area contributed by atoms with Crippen molar-refractivity contribution < 1.29 is 23.7 Å². The van der Waals surface area contributed by atoms with Crippen LogP contribution in [0.25, 0.3) is 22.4 Å². The Morgan fingerprint density at radius 2 is 1.77 bits per heavy atom. The maximum atomic E-state index is 13.2. The molecular formula is C25H27NO5. The number of carbonyl (C=O) groups excluding carboxylic acids is 1.